The molecule has 2 aromatic rings. The minimum Gasteiger partial charge on any atom is -0.496 e. The molecule has 6 heteroatoms. The van der Waals surface area contributed by atoms with Crippen LogP contribution < -0.4 is 14.8 Å². The van der Waals surface area contributed by atoms with E-state index in [1.807, 2.05) is 44.2 Å². The number of rotatable bonds is 6. The molecule has 0 spiro atoms. The summed E-state index contributed by atoms with van der Waals surface area (Å²) in [6.45, 7) is 4.45. The monoisotopic (exact) mass is 373 g/mol. The predicted octanol–water partition coefficient (Wildman–Crippen LogP) is 3.68. The Bertz CT molecular complexity index is 808. The molecule has 2 aromatic carbocycles. The Labute approximate surface area is 157 Å². The summed E-state index contributed by atoms with van der Waals surface area (Å²) in [7, 11) is 1.64. The second-order valence-corrected chi connectivity index (χ2v) is 7.54. The van der Waals surface area contributed by atoms with E-state index in [0.717, 1.165) is 33.8 Å². The molecular weight excluding hydrogens is 350 g/mol. The molecule has 1 saturated heterocycles. The van der Waals surface area contributed by atoms with E-state index in [1.165, 1.54) is 0 Å². The lowest BCUT2D eigenvalue weighted by Gasteiger charge is -2.16. The molecule has 5 nitrogen and oxygen atoms in total. The lowest BCUT2D eigenvalue weighted by atomic mass is 10.1. The number of ether oxygens (including phenoxy) is 2. The molecule has 0 bridgehead atoms. The molecule has 1 heterocycles. The fraction of sp³-hybridized carbons (Fsp3) is 0.350. The number of hydrogen-bond acceptors (Lipinski definition) is 5. The van der Waals surface area contributed by atoms with E-state index in [9.17, 15) is 4.79 Å². The lowest BCUT2D eigenvalue weighted by molar-refractivity contribution is -0.138. The highest BCUT2D eigenvalue weighted by Crippen LogP contribution is 2.35. The van der Waals surface area contributed by atoms with Gasteiger partial charge >= 0.3 is 5.97 Å². The maximum atomic E-state index is 11.1. The fourth-order valence-corrected chi connectivity index (χ4v) is 4.12. The third kappa shape index (κ3) is 4.14. The molecule has 138 valence electrons. The largest absolute Gasteiger partial charge is 0.496 e. The first-order chi connectivity index (χ1) is 12.5. The Kier molecular flexibility index (Phi) is 5.74. The van der Waals surface area contributed by atoms with Crippen molar-refractivity contribution >= 4 is 17.7 Å². The van der Waals surface area contributed by atoms with Gasteiger partial charge in [-0.25, -0.2) is 0 Å². The van der Waals surface area contributed by atoms with Crippen LogP contribution in [-0.2, 0) is 11.4 Å². The second-order valence-electron chi connectivity index (χ2n) is 6.40. The zero-order valence-corrected chi connectivity index (χ0v) is 15.9. The van der Waals surface area contributed by atoms with Crippen LogP contribution in [0.3, 0.4) is 0 Å². The number of methoxy groups -OCH3 is 1. The molecule has 0 radical (unpaired) electrons. The van der Waals surface area contributed by atoms with Gasteiger partial charge in [0.25, 0.3) is 0 Å². The zero-order valence-electron chi connectivity index (χ0n) is 15.1. The van der Waals surface area contributed by atoms with Crippen LogP contribution in [0.15, 0.2) is 36.4 Å². The summed E-state index contributed by atoms with van der Waals surface area (Å²) in [4.78, 5) is 11.1. The van der Waals surface area contributed by atoms with Gasteiger partial charge in [0, 0.05) is 11.3 Å². The van der Waals surface area contributed by atoms with Crippen molar-refractivity contribution in [2.24, 2.45) is 0 Å². The first kappa shape index (κ1) is 18.6. The van der Waals surface area contributed by atoms with Gasteiger partial charge in [0.05, 0.1) is 12.5 Å². The van der Waals surface area contributed by atoms with E-state index in [2.05, 4.69) is 11.4 Å². The molecule has 0 aliphatic carbocycles. The Morgan fingerprint density at radius 3 is 2.73 bits per heavy atom. The third-order valence-electron chi connectivity index (χ3n) is 4.41. The Balaban J connectivity index is 1.78. The lowest BCUT2D eigenvalue weighted by Crippen LogP contribution is -2.33. The number of nitrogens with one attached hydrogen (secondary N) is 1. The average molecular weight is 373 g/mol. The van der Waals surface area contributed by atoms with Gasteiger partial charge in [-0.05, 0) is 48.7 Å². The van der Waals surface area contributed by atoms with Gasteiger partial charge in [0.2, 0.25) is 0 Å². The molecule has 1 aliphatic rings. The van der Waals surface area contributed by atoms with Crippen LogP contribution in [-0.4, -0.2) is 30.0 Å². The summed E-state index contributed by atoms with van der Waals surface area (Å²) in [6.07, 6.45) is 0. The van der Waals surface area contributed by atoms with Gasteiger partial charge in [0.15, 0.2) is 0 Å². The number of thioether (sulfide) groups is 1. The minimum absolute atomic E-state index is 0.0403. The van der Waals surface area contributed by atoms with Crippen LogP contribution in [0.25, 0.3) is 0 Å². The van der Waals surface area contributed by atoms with Crippen LogP contribution in [0.5, 0.6) is 11.5 Å². The van der Waals surface area contributed by atoms with E-state index in [0.29, 0.717) is 12.4 Å². The maximum absolute atomic E-state index is 11.1. The standard InChI is InChI=1S/C20H23NO4S/c1-12-4-5-13(2)18(8-12)25-10-15-9-14(6-7-17(15)24-3)19-21-16(11-26-19)20(22)23/h4-9,16,19,21H,10-11H2,1-3H3,(H,22,23)/t16-,19-/m1/s1. The highest BCUT2D eigenvalue weighted by atomic mass is 32.2. The summed E-state index contributed by atoms with van der Waals surface area (Å²) < 4.78 is 11.5. The van der Waals surface area contributed by atoms with Crippen molar-refractivity contribution in [1.29, 1.82) is 0 Å². The molecule has 0 aromatic heterocycles. The second kappa shape index (κ2) is 8.01. The third-order valence-corrected chi connectivity index (χ3v) is 5.68. The van der Waals surface area contributed by atoms with E-state index in [1.54, 1.807) is 18.9 Å². The van der Waals surface area contributed by atoms with Crippen LogP contribution in [0.1, 0.15) is 27.6 Å². The first-order valence-corrected chi connectivity index (χ1v) is 9.50. The van der Waals surface area contributed by atoms with Crippen molar-refractivity contribution in [2.75, 3.05) is 12.9 Å². The quantitative estimate of drug-likeness (QED) is 0.805. The fourth-order valence-electron chi connectivity index (χ4n) is 2.90. The molecule has 0 saturated carbocycles. The summed E-state index contributed by atoms with van der Waals surface area (Å²) in [5, 5.41) is 12.3. The van der Waals surface area contributed by atoms with E-state index < -0.39 is 12.0 Å². The van der Waals surface area contributed by atoms with Crippen molar-refractivity contribution in [1.82, 2.24) is 5.32 Å². The van der Waals surface area contributed by atoms with E-state index >= 15 is 0 Å². The summed E-state index contributed by atoms with van der Waals surface area (Å²) in [5.41, 5.74) is 4.20. The molecule has 3 rings (SSSR count). The number of aliphatic carboxylic acids is 1. The number of carboxylic acids is 1. The maximum Gasteiger partial charge on any atom is 0.321 e. The van der Waals surface area contributed by atoms with Crippen LogP contribution in [0, 0.1) is 13.8 Å². The van der Waals surface area contributed by atoms with E-state index in [-0.39, 0.29) is 5.37 Å². The van der Waals surface area contributed by atoms with Crippen molar-refractivity contribution < 1.29 is 19.4 Å². The van der Waals surface area contributed by atoms with Gasteiger partial charge in [-0.15, -0.1) is 11.8 Å². The van der Waals surface area contributed by atoms with Gasteiger partial charge in [-0.1, -0.05) is 18.2 Å². The van der Waals surface area contributed by atoms with Crippen molar-refractivity contribution in [3.63, 3.8) is 0 Å². The van der Waals surface area contributed by atoms with Gasteiger partial charge in [-0.3, -0.25) is 10.1 Å². The van der Waals surface area contributed by atoms with Gasteiger partial charge in [0.1, 0.15) is 24.1 Å². The molecule has 0 amide bonds. The van der Waals surface area contributed by atoms with Gasteiger partial charge < -0.3 is 14.6 Å². The Morgan fingerprint density at radius 2 is 2.04 bits per heavy atom. The Hall–Kier alpha value is -2.18. The molecule has 1 aliphatic heterocycles. The van der Waals surface area contributed by atoms with Crippen LogP contribution >= 0.6 is 11.8 Å². The number of aryl methyl sites for hydroxylation is 2. The van der Waals surface area contributed by atoms with Crippen molar-refractivity contribution in [3.05, 3.63) is 58.7 Å². The summed E-state index contributed by atoms with van der Waals surface area (Å²) >= 11 is 1.60. The first-order valence-electron chi connectivity index (χ1n) is 8.45. The normalized spacial score (nSPS) is 19.3. The SMILES string of the molecule is COc1ccc([C@@H]2N[C@@H](C(=O)O)CS2)cc1COc1cc(C)ccc1C. The molecule has 26 heavy (non-hydrogen) atoms. The molecule has 2 N–H and O–H groups in total. The minimum atomic E-state index is -0.813. The molecule has 0 unspecified atom stereocenters. The molecule has 1 fully saturated rings. The van der Waals surface area contributed by atoms with Crippen LogP contribution in [0.4, 0.5) is 0 Å². The van der Waals surface area contributed by atoms with Crippen molar-refractivity contribution in [3.8, 4) is 11.5 Å². The van der Waals surface area contributed by atoms with E-state index in [4.69, 9.17) is 14.6 Å². The smallest absolute Gasteiger partial charge is 0.321 e. The predicted molar refractivity (Wildman–Crippen MR) is 103 cm³/mol. The molecular formula is C20H23NO4S. The number of benzene rings is 2. The highest BCUT2D eigenvalue weighted by Gasteiger charge is 2.30. The topological polar surface area (TPSA) is 67.8 Å². The Morgan fingerprint density at radius 1 is 1.23 bits per heavy atom. The summed E-state index contributed by atoms with van der Waals surface area (Å²) in [6, 6.07) is 11.5. The highest BCUT2D eigenvalue weighted by molar-refractivity contribution is 7.99. The summed E-state index contributed by atoms with van der Waals surface area (Å²) in [5.74, 6) is 1.36. The molecule has 2 atom stereocenters. The number of hydrogen-bond donors (Lipinski definition) is 2. The van der Waals surface area contributed by atoms with Crippen molar-refractivity contribution in [2.45, 2.75) is 31.9 Å². The average Bonchev–Trinajstić information content (AvgIpc) is 3.12. The number of carboxylic acid groups (broad SMARTS) is 1. The van der Waals surface area contributed by atoms with Crippen LogP contribution in [0.2, 0.25) is 0 Å². The zero-order chi connectivity index (χ0) is 18.7. The van der Waals surface area contributed by atoms with Gasteiger partial charge in [-0.2, -0.15) is 0 Å². The number of carbonyl (C=O) groups is 1.